The van der Waals surface area contributed by atoms with E-state index in [2.05, 4.69) is 0 Å². The van der Waals surface area contributed by atoms with Crippen molar-refractivity contribution in [3.05, 3.63) is 0 Å². The van der Waals surface area contributed by atoms with Gasteiger partial charge < -0.3 is 5.73 Å². The van der Waals surface area contributed by atoms with E-state index in [0.717, 1.165) is 12.2 Å². The molecule has 0 aromatic rings. The SMILES string of the molecule is CSCCC(C(N)=O)C(C)C. The molecule has 0 aromatic carbocycles. The molecular formula is C8H17NOS. The van der Waals surface area contributed by atoms with E-state index in [1.165, 1.54) is 0 Å². The van der Waals surface area contributed by atoms with Crippen molar-refractivity contribution in [2.75, 3.05) is 12.0 Å². The van der Waals surface area contributed by atoms with Gasteiger partial charge in [0.05, 0.1) is 0 Å². The Morgan fingerprint density at radius 2 is 2.09 bits per heavy atom. The molecule has 2 N–H and O–H groups in total. The Morgan fingerprint density at radius 1 is 1.55 bits per heavy atom. The van der Waals surface area contributed by atoms with Crippen molar-refractivity contribution in [3.8, 4) is 0 Å². The summed E-state index contributed by atoms with van der Waals surface area (Å²) in [6.45, 7) is 4.07. The summed E-state index contributed by atoms with van der Waals surface area (Å²) in [6.07, 6.45) is 2.95. The lowest BCUT2D eigenvalue weighted by atomic mass is 9.93. The Balaban J connectivity index is 3.80. The molecule has 0 aliphatic carbocycles. The van der Waals surface area contributed by atoms with Crippen molar-refractivity contribution in [2.45, 2.75) is 20.3 Å². The van der Waals surface area contributed by atoms with Crippen molar-refractivity contribution in [1.29, 1.82) is 0 Å². The quantitative estimate of drug-likeness (QED) is 0.688. The Hall–Kier alpha value is -0.180. The Kier molecular flexibility index (Phi) is 5.38. The lowest BCUT2D eigenvalue weighted by molar-refractivity contribution is -0.123. The Morgan fingerprint density at radius 3 is 2.36 bits per heavy atom. The summed E-state index contributed by atoms with van der Waals surface area (Å²) in [5, 5.41) is 0. The molecule has 0 saturated carbocycles. The molecule has 0 aliphatic rings. The van der Waals surface area contributed by atoms with Gasteiger partial charge in [-0.1, -0.05) is 13.8 Å². The molecule has 66 valence electrons. The van der Waals surface area contributed by atoms with Gasteiger partial charge in [0, 0.05) is 5.92 Å². The number of hydrogen-bond donors (Lipinski definition) is 1. The van der Waals surface area contributed by atoms with Crippen molar-refractivity contribution in [3.63, 3.8) is 0 Å². The van der Waals surface area contributed by atoms with Crippen LogP contribution in [0.3, 0.4) is 0 Å². The highest BCUT2D eigenvalue weighted by atomic mass is 32.2. The summed E-state index contributed by atoms with van der Waals surface area (Å²) >= 11 is 1.76. The van der Waals surface area contributed by atoms with Crippen LogP contribution in [0.25, 0.3) is 0 Å². The minimum Gasteiger partial charge on any atom is -0.369 e. The lowest BCUT2D eigenvalue weighted by Crippen LogP contribution is -2.27. The first-order valence-corrected chi connectivity index (χ1v) is 5.27. The third kappa shape index (κ3) is 4.30. The minimum atomic E-state index is -0.158. The largest absolute Gasteiger partial charge is 0.369 e. The molecule has 1 atom stereocenters. The average Bonchev–Trinajstić information content (AvgIpc) is 1.87. The molecule has 0 saturated heterocycles. The van der Waals surface area contributed by atoms with Crippen LogP contribution in [0.5, 0.6) is 0 Å². The van der Waals surface area contributed by atoms with E-state index >= 15 is 0 Å². The molecule has 11 heavy (non-hydrogen) atoms. The van der Waals surface area contributed by atoms with Gasteiger partial charge in [0.1, 0.15) is 0 Å². The predicted molar refractivity (Wildman–Crippen MR) is 50.5 cm³/mol. The number of thioether (sulfide) groups is 1. The molecule has 2 nitrogen and oxygen atoms in total. The smallest absolute Gasteiger partial charge is 0.220 e. The molecule has 0 spiro atoms. The van der Waals surface area contributed by atoms with Crippen molar-refractivity contribution in [1.82, 2.24) is 0 Å². The first kappa shape index (κ1) is 10.8. The predicted octanol–water partition coefficient (Wildman–Crippen LogP) is 1.50. The van der Waals surface area contributed by atoms with Crippen molar-refractivity contribution in [2.24, 2.45) is 17.6 Å². The molecule has 0 aliphatic heterocycles. The van der Waals surface area contributed by atoms with Crippen LogP contribution < -0.4 is 5.73 Å². The van der Waals surface area contributed by atoms with Crippen molar-refractivity contribution >= 4 is 17.7 Å². The highest BCUT2D eigenvalue weighted by Crippen LogP contribution is 2.16. The van der Waals surface area contributed by atoms with Crippen molar-refractivity contribution < 1.29 is 4.79 Å². The fraction of sp³-hybridized carbons (Fsp3) is 0.875. The highest BCUT2D eigenvalue weighted by Gasteiger charge is 2.18. The molecule has 0 bridgehead atoms. The zero-order valence-electron chi connectivity index (χ0n) is 7.46. The second-order valence-electron chi connectivity index (χ2n) is 3.03. The zero-order chi connectivity index (χ0) is 8.85. The van der Waals surface area contributed by atoms with Gasteiger partial charge in [0.15, 0.2) is 0 Å². The molecule has 0 radical (unpaired) electrons. The molecule has 0 aromatic heterocycles. The third-order valence-electron chi connectivity index (χ3n) is 1.80. The van der Waals surface area contributed by atoms with Crippen LogP contribution in [0.2, 0.25) is 0 Å². The van der Waals surface area contributed by atoms with Crippen LogP contribution in [-0.2, 0) is 4.79 Å². The van der Waals surface area contributed by atoms with E-state index < -0.39 is 0 Å². The molecule has 1 amide bonds. The van der Waals surface area contributed by atoms with Crippen LogP contribution in [0.1, 0.15) is 20.3 Å². The molecule has 0 heterocycles. The Bertz CT molecular complexity index is 125. The molecule has 0 fully saturated rings. The number of amides is 1. The monoisotopic (exact) mass is 175 g/mol. The minimum absolute atomic E-state index is 0.0578. The summed E-state index contributed by atoms with van der Waals surface area (Å²) in [5.41, 5.74) is 5.23. The van der Waals surface area contributed by atoms with E-state index in [9.17, 15) is 4.79 Å². The number of carbonyl (C=O) groups is 1. The number of nitrogens with two attached hydrogens (primary N) is 1. The van der Waals surface area contributed by atoms with Gasteiger partial charge in [-0.3, -0.25) is 4.79 Å². The van der Waals surface area contributed by atoms with Gasteiger partial charge in [0.25, 0.3) is 0 Å². The van der Waals surface area contributed by atoms with Crippen LogP contribution >= 0.6 is 11.8 Å². The first-order chi connectivity index (χ1) is 5.09. The summed E-state index contributed by atoms with van der Waals surface area (Å²) in [4.78, 5) is 10.9. The van der Waals surface area contributed by atoms with Gasteiger partial charge in [-0.2, -0.15) is 11.8 Å². The third-order valence-corrected chi connectivity index (χ3v) is 2.45. The van der Waals surface area contributed by atoms with Crippen LogP contribution in [0.15, 0.2) is 0 Å². The standard InChI is InChI=1S/C8H17NOS/c1-6(2)7(8(9)10)4-5-11-3/h6-7H,4-5H2,1-3H3,(H2,9,10). The van der Waals surface area contributed by atoms with E-state index in [-0.39, 0.29) is 11.8 Å². The van der Waals surface area contributed by atoms with E-state index in [1.807, 2.05) is 20.1 Å². The number of carbonyl (C=O) groups excluding carboxylic acids is 1. The van der Waals surface area contributed by atoms with E-state index in [0.29, 0.717) is 5.92 Å². The first-order valence-electron chi connectivity index (χ1n) is 3.87. The average molecular weight is 175 g/mol. The maximum absolute atomic E-state index is 10.9. The normalized spacial score (nSPS) is 13.5. The second kappa shape index (κ2) is 5.47. The molecule has 1 unspecified atom stereocenters. The maximum atomic E-state index is 10.9. The lowest BCUT2D eigenvalue weighted by Gasteiger charge is -2.15. The number of hydrogen-bond acceptors (Lipinski definition) is 2. The second-order valence-corrected chi connectivity index (χ2v) is 4.02. The van der Waals surface area contributed by atoms with Crippen LogP contribution in [0.4, 0.5) is 0 Å². The molecular weight excluding hydrogens is 158 g/mol. The summed E-state index contributed by atoms with van der Waals surface area (Å²) in [7, 11) is 0. The zero-order valence-corrected chi connectivity index (χ0v) is 8.28. The van der Waals surface area contributed by atoms with E-state index in [4.69, 9.17) is 5.73 Å². The topological polar surface area (TPSA) is 43.1 Å². The fourth-order valence-electron chi connectivity index (χ4n) is 1.05. The van der Waals surface area contributed by atoms with Gasteiger partial charge in [-0.15, -0.1) is 0 Å². The maximum Gasteiger partial charge on any atom is 0.220 e. The summed E-state index contributed by atoms with van der Waals surface area (Å²) in [6, 6.07) is 0. The highest BCUT2D eigenvalue weighted by molar-refractivity contribution is 7.98. The number of rotatable bonds is 5. The summed E-state index contributed by atoms with van der Waals surface area (Å²) < 4.78 is 0. The number of primary amides is 1. The van der Waals surface area contributed by atoms with Crippen LogP contribution in [0, 0.1) is 11.8 Å². The van der Waals surface area contributed by atoms with Crippen LogP contribution in [-0.4, -0.2) is 17.9 Å². The van der Waals surface area contributed by atoms with Gasteiger partial charge in [-0.05, 0) is 24.3 Å². The van der Waals surface area contributed by atoms with Gasteiger partial charge in [-0.25, -0.2) is 0 Å². The summed E-state index contributed by atoms with van der Waals surface area (Å²) in [5.74, 6) is 1.29. The molecule has 3 heteroatoms. The van der Waals surface area contributed by atoms with Gasteiger partial charge in [0.2, 0.25) is 5.91 Å². The van der Waals surface area contributed by atoms with E-state index in [1.54, 1.807) is 11.8 Å². The fourth-order valence-corrected chi connectivity index (χ4v) is 1.54. The molecule has 0 rings (SSSR count). The van der Waals surface area contributed by atoms with Gasteiger partial charge >= 0.3 is 0 Å². The Labute approximate surface area is 72.9 Å².